The molecule has 1 heterocycles. The van der Waals surface area contributed by atoms with Crippen LogP contribution in [0.5, 0.6) is 0 Å². The number of esters is 1. The molecule has 0 amide bonds. The first-order valence-electron chi connectivity index (χ1n) is 12.4. The van der Waals surface area contributed by atoms with E-state index in [2.05, 4.69) is 6.58 Å². The molecule has 0 aromatic carbocycles. The molecule has 0 radical (unpaired) electrons. The van der Waals surface area contributed by atoms with Crippen LogP contribution in [0.4, 0.5) is 0 Å². The summed E-state index contributed by atoms with van der Waals surface area (Å²) in [7, 11) is 0. The van der Waals surface area contributed by atoms with Crippen LogP contribution >= 0.6 is 0 Å². The van der Waals surface area contributed by atoms with Gasteiger partial charge >= 0.3 is 5.97 Å². The largest absolute Gasteiger partial charge is 0.458 e. The van der Waals surface area contributed by atoms with E-state index in [1.54, 1.807) is 13.8 Å². The third kappa shape index (κ3) is 3.60. The Morgan fingerprint density at radius 2 is 1.79 bits per heavy atom. The van der Waals surface area contributed by atoms with Crippen LogP contribution in [0.25, 0.3) is 0 Å². The Bertz CT molecular complexity index is 841. The standard InChI is InChI=1S/C26H43NO7/c1-9-23(6)14-17(29)26(32)24(7)16(28)12-13-22(4,5)20(24)19(21(31)25(26,8)34-23)33-18(30)15-27(10-2)11-3/h9,16,19-21,28,31-32H,1,10-15H2,2-8H3/t16-,19?,20?,21?,23-,24?,25+,26-/m0/s1. The number of aliphatic hydroxyl groups excluding tert-OH is 2. The molecule has 3 aliphatic rings. The number of ketones is 1. The average molecular weight is 482 g/mol. The maximum atomic E-state index is 13.7. The lowest BCUT2D eigenvalue weighted by Gasteiger charge is -2.71. The van der Waals surface area contributed by atoms with Crippen LogP contribution in [-0.4, -0.2) is 86.7 Å². The topological polar surface area (TPSA) is 117 Å². The smallest absolute Gasteiger partial charge is 0.320 e. The molecule has 0 spiro atoms. The number of rotatable bonds is 6. The van der Waals surface area contributed by atoms with Crippen LogP contribution in [0.2, 0.25) is 0 Å². The number of carbonyl (C=O) groups is 2. The first kappa shape index (κ1) is 27.3. The number of Topliss-reactive ketones (excluding diaryl/α,β-unsaturated/α-hetero) is 1. The number of hydrogen-bond acceptors (Lipinski definition) is 8. The molecule has 1 saturated heterocycles. The summed E-state index contributed by atoms with van der Waals surface area (Å²) in [6.07, 6.45) is -1.38. The number of ether oxygens (including phenoxy) is 2. The van der Waals surface area contributed by atoms with Crippen molar-refractivity contribution in [3.8, 4) is 0 Å². The Labute approximate surface area is 203 Å². The molecule has 3 fully saturated rings. The molecule has 194 valence electrons. The van der Waals surface area contributed by atoms with Gasteiger partial charge in [0.15, 0.2) is 11.4 Å². The average Bonchev–Trinajstić information content (AvgIpc) is 2.76. The highest BCUT2D eigenvalue weighted by Gasteiger charge is 2.81. The predicted molar refractivity (Wildman–Crippen MR) is 127 cm³/mol. The molecule has 34 heavy (non-hydrogen) atoms. The van der Waals surface area contributed by atoms with Crippen molar-refractivity contribution >= 4 is 11.8 Å². The Balaban J connectivity index is 2.19. The lowest BCUT2D eigenvalue weighted by Crippen LogP contribution is -2.86. The first-order chi connectivity index (χ1) is 15.6. The fourth-order valence-electron chi connectivity index (χ4n) is 7.22. The summed E-state index contributed by atoms with van der Waals surface area (Å²) in [4.78, 5) is 28.7. The molecule has 0 aromatic heterocycles. The minimum atomic E-state index is -2.20. The van der Waals surface area contributed by atoms with Gasteiger partial charge in [-0.3, -0.25) is 14.5 Å². The molecule has 8 heteroatoms. The van der Waals surface area contributed by atoms with E-state index in [0.717, 1.165) is 0 Å². The van der Waals surface area contributed by atoms with E-state index in [9.17, 15) is 24.9 Å². The molecule has 8 atom stereocenters. The molecule has 3 rings (SSSR count). The van der Waals surface area contributed by atoms with Crippen LogP contribution in [0.3, 0.4) is 0 Å². The number of aliphatic hydroxyl groups is 3. The Kier molecular flexibility index (Phi) is 6.95. The SMILES string of the molecule is C=C[C@@]1(C)CC(=O)[C@]2(O)C3(C)C(C(OC(=O)CN(CC)CC)C(O)[C@@]2(C)O1)C(C)(C)CC[C@@H]3O. The molecule has 0 bridgehead atoms. The zero-order chi connectivity index (χ0) is 25.9. The normalized spacial score (nSPS) is 45.9. The van der Waals surface area contributed by atoms with Gasteiger partial charge in [0.1, 0.15) is 17.8 Å². The van der Waals surface area contributed by atoms with Gasteiger partial charge in [-0.15, -0.1) is 6.58 Å². The van der Waals surface area contributed by atoms with Crippen LogP contribution in [0.1, 0.15) is 67.7 Å². The number of carbonyl (C=O) groups excluding carboxylic acids is 2. The highest BCUT2D eigenvalue weighted by atomic mass is 16.6. The summed E-state index contributed by atoms with van der Waals surface area (Å²) in [5.41, 5.74) is -7.15. The second kappa shape index (κ2) is 8.66. The van der Waals surface area contributed by atoms with Crippen molar-refractivity contribution in [2.75, 3.05) is 19.6 Å². The minimum Gasteiger partial charge on any atom is -0.458 e. The van der Waals surface area contributed by atoms with E-state index in [-0.39, 0.29) is 13.0 Å². The molecule has 2 saturated carbocycles. The molecule has 2 aliphatic carbocycles. The maximum Gasteiger partial charge on any atom is 0.320 e. The second-order valence-electron chi connectivity index (χ2n) is 11.7. The van der Waals surface area contributed by atoms with Crippen molar-refractivity contribution in [1.29, 1.82) is 0 Å². The molecule has 0 aromatic rings. The van der Waals surface area contributed by atoms with Crippen molar-refractivity contribution in [1.82, 2.24) is 4.90 Å². The molecule has 8 nitrogen and oxygen atoms in total. The zero-order valence-corrected chi connectivity index (χ0v) is 21.8. The highest BCUT2D eigenvalue weighted by Crippen LogP contribution is 2.67. The molecule has 4 unspecified atom stereocenters. The van der Waals surface area contributed by atoms with E-state index in [0.29, 0.717) is 25.9 Å². The number of nitrogens with zero attached hydrogens (tertiary/aromatic N) is 1. The zero-order valence-electron chi connectivity index (χ0n) is 21.8. The van der Waals surface area contributed by atoms with E-state index in [4.69, 9.17) is 9.47 Å². The van der Waals surface area contributed by atoms with E-state index >= 15 is 0 Å². The van der Waals surface area contributed by atoms with Crippen molar-refractivity contribution < 1.29 is 34.4 Å². The summed E-state index contributed by atoms with van der Waals surface area (Å²) in [5, 5.41) is 35.4. The van der Waals surface area contributed by atoms with Gasteiger partial charge < -0.3 is 24.8 Å². The van der Waals surface area contributed by atoms with Crippen molar-refractivity contribution in [2.45, 2.75) is 103 Å². The molecule has 1 aliphatic heterocycles. The van der Waals surface area contributed by atoms with Gasteiger partial charge in [-0.2, -0.15) is 0 Å². The van der Waals surface area contributed by atoms with Crippen molar-refractivity contribution in [3.63, 3.8) is 0 Å². The lowest BCUT2D eigenvalue weighted by molar-refractivity contribution is -0.370. The number of fused-ring (bicyclic) bond motifs is 3. The van der Waals surface area contributed by atoms with Crippen LogP contribution in [0.15, 0.2) is 12.7 Å². The Morgan fingerprint density at radius 1 is 1.21 bits per heavy atom. The molecular weight excluding hydrogens is 438 g/mol. The Hall–Kier alpha value is -1.32. The number of likely N-dealkylation sites (N-methyl/N-ethyl adjacent to an activating group) is 1. The van der Waals surface area contributed by atoms with E-state index in [1.807, 2.05) is 32.6 Å². The van der Waals surface area contributed by atoms with Gasteiger partial charge in [-0.05, 0) is 45.2 Å². The maximum absolute atomic E-state index is 13.7. The second-order valence-corrected chi connectivity index (χ2v) is 11.7. The first-order valence-corrected chi connectivity index (χ1v) is 12.4. The van der Waals surface area contributed by atoms with Gasteiger partial charge in [-0.25, -0.2) is 0 Å². The Morgan fingerprint density at radius 3 is 2.32 bits per heavy atom. The van der Waals surface area contributed by atoms with Gasteiger partial charge in [0.2, 0.25) is 0 Å². The summed E-state index contributed by atoms with van der Waals surface area (Å²) < 4.78 is 12.3. The van der Waals surface area contributed by atoms with Crippen molar-refractivity contribution in [2.24, 2.45) is 16.7 Å². The predicted octanol–water partition coefficient (Wildman–Crippen LogP) is 1.84. The van der Waals surface area contributed by atoms with E-state index < -0.39 is 63.6 Å². The van der Waals surface area contributed by atoms with Gasteiger partial charge in [0.25, 0.3) is 0 Å². The summed E-state index contributed by atoms with van der Waals surface area (Å²) in [6.45, 7) is 17.8. The third-order valence-electron chi connectivity index (χ3n) is 9.25. The van der Waals surface area contributed by atoms with Crippen molar-refractivity contribution in [3.05, 3.63) is 12.7 Å². The summed E-state index contributed by atoms with van der Waals surface area (Å²) in [6, 6.07) is 0. The van der Waals surface area contributed by atoms with E-state index in [1.165, 1.54) is 13.0 Å². The quantitative estimate of drug-likeness (QED) is 0.389. The monoisotopic (exact) mass is 481 g/mol. The van der Waals surface area contributed by atoms with Crippen LogP contribution in [0, 0.1) is 16.7 Å². The number of hydrogen-bond donors (Lipinski definition) is 3. The molecular formula is C26H43NO7. The van der Waals surface area contributed by atoms with Crippen LogP contribution < -0.4 is 0 Å². The summed E-state index contributed by atoms with van der Waals surface area (Å²) in [5.74, 6) is -1.72. The van der Waals surface area contributed by atoms with Crippen LogP contribution in [-0.2, 0) is 19.1 Å². The minimum absolute atomic E-state index is 0.0494. The third-order valence-corrected chi connectivity index (χ3v) is 9.25. The molecule has 3 N–H and O–H groups in total. The lowest BCUT2D eigenvalue weighted by atomic mass is 9.40. The fraction of sp³-hybridized carbons (Fsp3) is 0.846. The van der Waals surface area contributed by atoms with Gasteiger partial charge in [0.05, 0.1) is 18.2 Å². The summed E-state index contributed by atoms with van der Waals surface area (Å²) >= 11 is 0. The van der Waals surface area contributed by atoms with Gasteiger partial charge in [0, 0.05) is 17.8 Å². The fourth-order valence-corrected chi connectivity index (χ4v) is 7.22. The van der Waals surface area contributed by atoms with Gasteiger partial charge in [-0.1, -0.05) is 40.7 Å². The highest BCUT2D eigenvalue weighted by molar-refractivity contribution is 5.92.